The number of unbranched alkanes of at least 4 members (excludes halogenated alkanes) is 37. The Morgan fingerprint density at radius 3 is 1.16 bits per heavy atom. The predicted octanol–water partition coefficient (Wildman–Crippen LogP) is 16.3. The van der Waals surface area contributed by atoms with Crippen molar-refractivity contribution in [1.82, 2.24) is 5.32 Å². The zero-order valence-electron chi connectivity index (χ0n) is 40.9. The van der Waals surface area contributed by atoms with E-state index < -0.39 is 12.1 Å². The molecule has 1 amide bonds. The van der Waals surface area contributed by atoms with Crippen molar-refractivity contribution >= 4 is 11.9 Å². The molecule has 0 bridgehead atoms. The molecule has 6 nitrogen and oxygen atoms in total. The highest BCUT2D eigenvalue weighted by Crippen LogP contribution is 2.16. The van der Waals surface area contributed by atoms with Crippen molar-refractivity contribution in [1.29, 1.82) is 0 Å². The maximum Gasteiger partial charge on any atom is 0.305 e. The fraction of sp³-hybridized carbons (Fsp3) is 0.891. The van der Waals surface area contributed by atoms with Crippen molar-refractivity contribution in [3.63, 3.8) is 0 Å². The van der Waals surface area contributed by atoms with Crippen molar-refractivity contribution in [3.05, 3.63) is 24.3 Å². The Morgan fingerprint density at radius 1 is 0.443 bits per heavy atom. The Bertz CT molecular complexity index is 951. The van der Waals surface area contributed by atoms with Gasteiger partial charge in [-0.25, -0.2) is 0 Å². The lowest BCUT2D eigenvalue weighted by atomic mass is 10.0. The molecule has 0 rings (SSSR count). The van der Waals surface area contributed by atoms with E-state index in [1.54, 1.807) is 6.08 Å². The first-order valence-corrected chi connectivity index (χ1v) is 27.1. The normalized spacial score (nSPS) is 12.8. The number of nitrogens with one attached hydrogen (secondary N) is 1. The number of hydrogen-bond acceptors (Lipinski definition) is 5. The Hall–Kier alpha value is -1.66. The van der Waals surface area contributed by atoms with Crippen LogP contribution in [0.3, 0.4) is 0 Å². The van der Waals surface area contributed by atoms with Crippen molar-refractivity contribution in [2.45, 2.75) is 302 Å². The van der Waals surface area contributed by atoms with Gasteiger partial charge in [0.2, 0.25) is 5.91 Å². The van der Waals surface area contributed by atoms with Gasteiger partial charge in [-0.15, -0.1) is 0 Å². The molecule has 0 heterocycles. The van der Waals surface area contributed by atoms with Crippen molar-refractivity contribution in [3.8, 4) is 0 Å². The number of aliphatic hydroxyl groups is 2. The molecule has 6 heteroatoms. The molecule has 0 aliphatic rings. The van der Waals surface area contributed by atoms with Crippen LogP contribution in [0.2, 0.25) is 0 Å². The lowest BCUT2D eigenvalue weighted by molar-refractivity contribution is -0.143. The molecule has 0 aromatic heterocycles. The van der Waals surface area contributed by atoms with Crippen LogP contribution >= 0.6 is 0 Å². The molecule has 3 N–H and O–H groups in total. The number of rotatable bonds is 50. The molecule has 0 radical (unpaired) electrons. The summed E-state index contributed by atoms with van der Waals surface area (Å²) >= 11 is 0. The SMILES string of the molecule is CCCCCCCCCCCCCCCCCCC/C=C/C(O)C(CO)NC(=O)CCCCCCC/C=C\CCCCCOC(=O)CCCCCCCCCCCCCCC. The van der Waals surface area contributed by atoms with Crippen LogP contribution in [0.4, 0.5) is 0 Å². The highest BCUT2D eigenvalue weighted by Gasteiger charge is 2.18. The zero-order chi connectivity index (χ0) is 44.4. The summed E-state index contributed by atoms with van der Waals surface area (Å²) in [6.45, 7) is 4.85. The number of aliphatic hydroxyl groups excluding tert-OH is 2. The van der Waals surface area contributed by atoms with Gasteiger partial charge in [0.05, 0.1) is 25.4 Å². The molecule has 360 valence electrons. The number of ether oxygens (including phenoxy) is 1. The van der Waals surface area contributed by atoms with Crippen LogP contribution in [0, 0.1) is 0 Å². The molecular weight excluding hydrogens is 755 g/mol. The van der Waals surface area contributed by atoms with E-state index in [0.717, 1.165) is 77.0 Å². The summed E-state index contributed by atoms with van der Waals surface area (Å²) in [4.78, 5) is 24.5. The maximum absolute atomic E-state index is 12.4. The summed E-state index contributed by atoms with van der Waals surface area (Å²) in [6, 6.07) is -0.646. The minimum atomic E-state index is -0.860. The van der Waals surface area contributed by atoms with Crippen LogP contribution in [0.1, 0.15) is 290 Å². The minimum Gasteiger partial charge on any atom is -0.466 e. The Morgan fingerprint density at radius 2 is 0.770 bits per heavy atom. The molecule has 2 atom stereocenters. The highest BCUT2D eigenvalue weighted by atomic mass is 16.5. The summed E-state index contributed by atoms with van der Waals surface area (Å²) in [5.41, 5.74) is 0. The number of esters is 1. The maximum atomic E-state index is 12.4. The van der Waals surface area contributed by atoms with Crippen LogP contribution in [-0.4, -0.2) is 47.4 Å². The molecule has 0 aliphatic heterocycles. The zero-order valence-corrected chi connectivity index (χ0v) is 40.9. The largest absolute Gasteiger partial charge is 0.466 e. The van der Waals surface area contributed by atoms with E-state index in [2.05, 4.69) is 31.3 Å². The van der Waals surface area contributed by atoms with Crippen molar-refractivity contribution < 1.29 is 24.5 Å². The van der Waals surface area contributed by atoms with Gasteiger partial charge in [0.25, 0.3) is 0 Å². The second-order valence-corrected chi connectivity index (χ2v) is 18.6. The Kier molecular flexibility index (Phi) is 49.6. The topological polar surface area (TPSA) is 95.9 Å². The first-order valence-electron chi connectivity index (χ1n) is 27.1. The smallest absolute Gasteiger partial charge is 0.305 e. The van der Waals surface area contributed by atoms with Gasteiger partial charge in [0.1, 0.15) is 0 Å². The van der Waals surface area contributed by atoms with Gasteiger partial charge >= 0.3 is 5.97 Å². The number of amides is 1. The van der Waals surface area contributed by atoms with E-state index >= 15 is 0 Å². The van der Waals surface area contributed by atoms with Gasteiger partial charge in [0.15, 0.2) is 0 Å². The molecule has 0 aliphatic carbocycles. The van der Waals surface area contributed by atoms with Crippen LogP contribution in [-0.2, 0) is 14.3 Å². The number of hydrogen-bond donors (Lipinski definition) is 3. The van der Waals surface area contributed by atoms with E-state index in [0.29, 0.717) is 19.4 Å². The third-order valence-corrected chi connectivity index (χ3v) is 12.5. The van der Waals surface area contributed by atoms with Gasteiger partial charge in [-0.2, -0.15) is 0 Å². The number of carbonyl (C=O) groups excluding carboxylic acids is 2. The van der Waals surface area contributed by atoms with Gasteiger partial charge in [-0.1, -0.05) is 237 Å². The summed E-state index contributed by atoms with van der Waals surface area (Å²) in [7, 11) is 0. The van der Waals surface area contributed by atoms with Crippen molar-refractivity contribution in [2.24, 2.45) is 0 Å². The second-order valence-electron chi connectivity index (χ2n) is 18.6. The first-order chi connectivity index (χ1) is 30.0. The minimum absolute atomic E-state index is 0.0227. The van der Waals surface area contributed by atoms with E-state index in [1.165, 1.54) is 186 Å². The molecular formula is C55H105NO5. The summed E-state index contributed by atoms with van der Waals surface area (Å²) in [5.74, 6) is -0.115. The lowest BCUT2D eigenvalue weighted by Gasteiger charge is -2.20. The fourth-order valence-electron chi connectivity index (χ4n) is 8.27. The van der Waals surface area contributed by atoms with Crippen LogP contribution in [0.15, 0.2) is 24.3 Å². The molecule has 0 saturated carbocycles. The Labute approximate surface area is 380 Å². The second kappa shape index (κ2) is 51.0. The monoisotopic (exact) mass is 860 g/mol. The van der Waals surface area contributed by atoms with Gasteiger partial charge in [0, 0.05) is 12.8 Å². The molecule has 0 aromatic carbocycles. The van der Waals surface area contributed by atoms with Crippen LogP contribution in [0.25, 0.3) is 0 Å². The van der Waals surface area contributed by atoms with Crippen molar-refractivity contribution in [2.75, 3.05) is 13.2 Å². The van der Waals surface area contributed by atoms with Crippen LogP contribution < -0.4 is 5.32 Å². The van der Waals surface area contributed by atoms with E-state index in [1.807, 2.05) is 6.08 Å². The average Bonchev–Trinajstić information content (AvgIpc) is 3.26. The van der Waals surface area contributed by atoms with Gasteiger partial charge < -0.3 is 20.3 Å². The molecule has 0 aromatic rings. The molecule has 61 heavy (non-hydrogen) atoms. The summed E-state index contributed by atoms with van der Waals surface area (Å²) in [6.07, 6.45) is 60.4. The molecule has 0 saturated heterocycles. The summed E-state index contributed by atoms with van der Waals surface area (Å²) in [5, 5.41) is 23.1. The summed E-state index contributed by atoms with van der Waals surface area (Å²) < 4.78 is 5.44. The van der Waals surface area contributed by atoms with E-state index in [9.17, 15) is 19.8 Å². The third-order valence-electron chi connectivity index (χ3n) is 12.5. The molecule has 0 spiro atoms. The highest BCUT2D eigenvalue weighted by molar-refractivity contribution is 5.76. The van der Waals surface area contributed by atoms with E-state index in [4.69, 9.17) is 4.74 Å². The quantitative estimate of drug-likeness (QED) is 0.0322. The Balaban J connectivity index is 3.54. The average molecular weight is 860 g/mol. The fourth-order valence-corrected chi connectivity index (χ4v) is 8.27. The lowest BCUT2D eigenvalue weighted by Crippen LogP contribution is -2.45. The predicted molar refractivity (Wildman–Crippen MR) is 264 cm³/mol. The molecule has 0 fully saturated rings. The van der Waals surface area contributed by atoms with Crippen LogP contribution in [0.5, 0.6) is 0 Å². The van der Waals surface area contributed by atoms with Gasteiger partial charge in [-0.05, 0) is 64.2 Å². The molecule has 2 unspecified atom stereocenters. The van der Waals surface area contributed by atoms with E-state index in [-0.39, 0.29) is 18.5 Å². The number of allylic oxidation sites excluding steroid dienone is 3. The third kappa shape index (κ3) is 47.7. The number of carbonyl (C=O) groups is 2. The first kappa shape index (κ1) is 59.3. The van der Waals surface area contributed by atoms with Gasteiger partial charge in [-0.3, -0.25) is 9.59 Å². The standard InChI is InChI=1S/C55H105NO5/c1-3-5-7-9-11-13-15-17-18-19-20-21-22-24-27-31-35-39-43-47-53(58)52(51-57)56-54(59)48-44-40-36-32-28-25-26-30-34-38-42-46-50-61-55(60)49-45-41-37-33-29-23-16-14-12-10-8-6-4-2/h26,30,43,47,52-53,57-58H,3-25,27-29,31-42,44-46,48-51H2,1-2H3,(H,56,59)/b30-26-,47-43+.